The Bertz CT molecular complexity index is 1550. The highest BCUT2D eigenvalue weighted by Crippen LogP contribution is 2.55. The Kier molecular flexibility index (Phi) is 10.1. The number of hydrogen-bond donors (Lipinski definition) is 0. The average Bonchev–Trinajstić information content (AvgIpc) is 3.73. The number of nitro groups is 1. The Morgan fingerprint density at radius 3 is 2.22 bits per heavy atom. The van der Waals surface area contributed by atoms with E-state index in [-0.39, 0.29) is 52.5 Å². The molecule has 0 aromatic heterocycles. The summed E-state index contributed by atoms with van der Waals surface area (Å²) in [5, 5.41) is 11.3. The number of esters is 1. The summed E-state index contributed by atoms with van der Waals surface area (Å²) in [6, 6.07) is 8.69. The number of anilines is 1. The number of benzene rings is 2. The van der Waals surface area contributed by atoms with Gasteiger partial charge in [-0.25, -0.2) is 18.0 Å². The molecule has 1 saturated heterocycles. The number of ether oxygens (including phenoxy) is 4. The first-order chi connectivity index (χ1) is 21.3. The maximum absolute atomic E-state index is 14.4. The van der Waals surface area contributed by atoms with Gasteiger partial charge in [-0.15, -0.1) is 0 Å². The molecule has 246 valence electrons. The lowest BCUT2D eigenvalue weighted by molar-refractivity contribution is -0.384. The molecular weight excluding hydrogens is 622 g/mol. The first kappa shape index (κ1) is 34.2. The van der Waals surface area contributed by atoms with Crippen LogP contribution in [0, 0.1) is 10.1 Å². The zero-order chi connectivity index (χ0) is 33.3. The molecule has 1 fully saturated rings. The van der Waals surface area contributed by atoms with Crippen molar-refractivity contribution in [2.24, 2.45) is 0 Å². The molecule has 0 N–H and O–H groups in total. The van der Waals surface area contributed by atoms with Crippen LogP contribution >= 0.6 is 0 Å². The predicted molar refractivity (Wildman–Crippen MR) is 169 cm³/mol. The van der Waals surface area contributed by atoms with E-state index >= 15 is 0 Å². The van der Waals surface area contributed by atoms with Crippen LogP contribution < -0.4 is 9.04 Å². The monoisotopic (exact) mass is 663 g/mol. The number of nitrogens with zero attached hydrogens (tertiary/aromatic N) is 3. The minimum absolute atomic E-state index is 0.00782. The second kappa shape index (κ2) is 13.3. The van der Waals surface area contributed by atoms with Crippen molar-refractivity contribution in [1.82, 2.24) is 4.90 Å². The van der Waals surface area contributed by atoms with Gasteiger partial charge in [0.15, 0.2) is 6.79 Å². The van der Waals surface area contributed by atoms with E-state index in [1.54, 1.807) is 4.90 Å². The van der Waals surface area contributed by atoms with Crippen molar-refractivity contribution in [2.45, 2.75) is 74.3 Å². The van der Waals surface area contributed by atoms with Gasteiger partial charge in [0.05, 0.1) is 62.0 Å². The molecule has 0 bridgehead atoms. The standard InChI is InChI=1S/C30H41N3O10SSi/c1-8-45(9-2,19(3)4)27-16-23-24(14-20(29(34)41-6)15-26(23)43-18-40-5)31(17-25-28(27)32(25)30(35)42-7)44(38,39)22-12-10-21(11-13-22)33(36)37/h10-15,19,25,27-28H,8-9,16-18H2,1-7H3/t25-,27?,28-,32?/m0/s1. The van der Waals surface area contributed by atoms with Crippen molar-refractivity contribution < 1.29 is 41.9 Å². The fourth-order valence-corrected chi connectivity index (χ4v) is 14.3. The Hall–Kier alpha value is -3.69. The van der Waals surface area contributed by atoms with Crippen LogP contribution in [0.15, 0.2) is 41.3 Å². The molecule has 2 aromatic rings. The van der Waals surface area contributed by atoms with Crippen LogP contribution in [0.2, 0.25) is 23.2 Å². The lowest BCUT2D eigenvalue weighted by atomic mass is 9.98. The van der Waals surface area contributed by atoms with E-state index in [0.717, 1.165) is 24.2 Å². The number of non-ortho nitro benzene ring substituents is 1. The highest BCUT2D eigenvalue weighted by atomic mass is 32.2. The smallest absolute Gasteiger partial charge is 0.410 e. The lowest BCUT2D eigenvalue weighted by Gasteiger charge is -2.43. The first-order valence-corrected chi connectivity index (χ1v) is 18.8. The van der Waals surface area contributed by atoms with E-state index in [4.69, 9.17) is 18.9 Å². The number of fused-ring (bicyclic) bond motifs is 2. The van der Waals surface area contributed by atoms with E-state index in [1.807, 2.05) is 0 Å². The topological polar surface area (TPSA) is 155 Å². The van der Waals surface area contributed by atoms with Gasteiger partial charge >= 0.3 is 12.1 Å². The molecule has 1 unspecified atom stereocenters. The van der Waals surface area contributed by atoms with Crippen molar-refractivity contribution in [1.29, 1.82) is 0 Å². The molecule has 15 heteroatoms. The van der Waals surface area contributed by atoms with Crippen molar-refractivity contribution in [2.75, 3.05) is 39.0 Å². The fraction of sp³-hybridized carbons (Fsp3) is 0.533. The quantitative estimate of drug-likeness (QED) is 0.0782. The van der Waals surface area contributed by atoms with Crippen LogP contribution in [0.25, 0.3) is 0 Å². The highest BCUT2D eigenvalue weighted by Gasteiger charge is 2.63. The number of rotatable bonds is 11. The lowest BCUT2D eigenvalue weighted by Crippen LogP contribution is -2.47. The number of amides is 1. The molecule has 0 aliphatic carbocycles. The third-order valence-electron chi connectivity index (χ3n) is 9.61. The third kappa shape index (κ3) is 6.12. The van der Waals surface area contributed by atoms with Crippen molar-refractivity contribution in [3.05, 3.63) is 57.6 Å². The number of carbonyl (C=O) groups excluding carboxylic acids is 2. The summed E-state index contributed by atoms with van der Waals surface area (Å²) in [6.07, 6.45) is -0.165. The van der Waals surface area contributed by atoms with E-state index in [0.29, 0.717) is 17.5 Å². The zero-order valence-electron chi connectivity index (χ0n) is 26.6. The number of sulfonamides is 1. The summed E-state index contributed by atoms with van der Waals surface area (Å²) in [4.78, 5) is 38.1. The molecule has 2 heterocycles. The van der Waals surface area contributed by atoms with Gasteiger partial charge < -0.3 is 18.9 Å². The molecule has 2 aromatic carbocycles. The molecule has 3 atom stereocenters. The van der Waals surface area contributed by atoms with Crippen LogP contribution in [0.1, 0.15) is 43.6 Å². The number of methoxy groups -OCH3 is 3. The highest BCUT2D eigenvalue weighted by molar-refractivity contribution is 7.92. The maximum atomic E-state index is 14.4. The van der Waals surface area contributed by atoms with Crippen LogP contribution in [-0.2, 0) is 30.7 Å². The molecule has 0 spiro atoms. The van der Waals surface area contributed by atoms with Gasteiger partial charge in [-0.2, -0.15) is 0 Å². The average molecular weight is 664 g/mol. The van der Waals surface area contributed by atoms with Crippen molar-refractivity contribution in [3.8, 4) is 5.75 Å². The Balaban J connectivity index is 2.04. The van der Waals surface area contributed by atoms with Gasteiger partial charge in [0.2, 0.25) is 0 Å². The summed E-state index contributed by atoms with van der Waals surface area (Å²) in [7, 11) is -2.57. The van der Waals surface area contributed by atoms with E-state index in [2.05, 4.69) is 27.7 Å². The van der Waals surface area contributed by atoms with E-state index in [9.17, 15) is 28.1 Å². The molecule has 2 aliphatic heterocycles. The molecule has 1 amide bonds. The van der Waals surface area contributed by atoms with E-state index < -0.39 is 41.1 Å². The summed E-state index contributed by atoms with van der Waals surface area (Å²) in [5.74, 6) is -0.425. The van der Waals surface area contributed by atoms with Crippen LogP contribution in [0.4, 0.5) is 16.2 Å². The predicted octanol–water partition coefficient (Wildman–Crippen LogP) is 5.20. The molecule has 0 saturated carbocycles. The Morgan fingerprint density at radius 1 is 1.07 bits per heavy atom. The van der Waals surface area contributed by atoms with Gasteiger partial charge in [0.1, 0.15) is 5.75 Å². The Labute approximate surface area is 264 Å². The summed E-state index contributed by atoms with van der Waals surface area (Å²) in [6.45, 7) is 8.50. The fourth-order valence-electron chi connectivity index (χ4n) is 7.13. The normalized spacial score (nSPS) is 19.6. The molecule has 0 radical (unpaired) electrons. The molecule has 2 aliphatic rings. The van der Waals surface area contributed by atoms with Gasteiger partial charge in [-0.3, -0.25) is 19.3 Å². The molecule has 4 rings (SSSR count). The minimum atomic E-state index is -4.38. The third-order valence-corrected chi connectivity index (χ3v) is 18.4. The summed E-state index contributed by atoms with van der Waals surface area (Å²) < 4.78 is 51.4. The van der Waals surface area contributed by atoms with Crippen LogP contribution in [-0.4, -0.2) is 85.1 Å². The zero-order valence-corrected chi connectivity index (χ0v) is 28.5. The first-order valence-electron chi connectivity index (χ1n) is 14.8. The second-order valence-electron chi connectivity index (χ2n) is 11.6. The number of nitro benzene ring substituents is 1. The largest absolute Gasteiger partial charge is 0.467 e. The van der Waals surface area contributed by atoms with Crippen molar-refractivity contribution >= 4 is 41.5 Å². The number of carbonyl (C=O) groups is 2. The van der Waals surface area contributed by atoms with Gasteiger partial charge in [-0.1, -0.05) is 45.3 Å². The Morgan fingerprint density at radius 2 is 1.71 bits per heavy atom. The van der Waals surface area contributed by atoms with Crippen LogP contribution in [0.3, 0.4) is 0 Å². The second-order valence-corrected chi connectivity index (χ2v) is 19.3. The summed E-state index contributed by atoms with van der Waals surface area (Å²) in [5.41, 5.74) is 0.929. The minimum Gasteiger partial charge on any atom is -0.467 e. The van der Waals surface area contributed by atoms with E-state index in [1.165, 1.54) is 49.9 Å². The van der Waals surface area contributed by atoms with Gasteiger partial charge in [0.25, 0.3) is 15.7 Å². The SMILES string of the molecule is CC[Si](CC)(C(C)C)C1Cc2c(OCOC)cc(C(=O)OC)cc2N(S(=O)(=O)c2ccc([N+](=O)[O-])cc2)C[C@H]2[C@@H]1N2C(=O)OC. The molecule has 45 heavy (non-hydrogen) atoms. The maximum Gasteiger partial charge on any atom is 0.410 e. The molecular formula is C30H41N3O10SSi. The molecule has 13 nitrogen and oxygen atoms in total. The van der Waals surface area contributed by atoms with Crippen LogP contribution in [0.5, 0.6) is 5.75 Å². The van der Waals surface area contributed by atoms with Gasteiger partial charge in [-0.05, 0) is 36.2 Å². The summed E-state index contributed by atoms with van der Waals surface area (Å²) >= 11 is 0. The van der Waals surface area contributed by atoms with Gasteiger partial charge in [0, 0.05) is 24.8 Å². The van der Waals surface area contributed by atoms with Crippen molar-refractivity contribution in [3.63, 3.8) is 0 Å². The number of hydrogen-bond acceptors (Lipinski definition) is 10.